The minimum absolute atomic E-state index is 0.117. The third-order valence-corrected chi connectivity index (χ3v) is 9.52. The number of carbonyl (C=O) groups excluding carboxylic acids is 1. The van der Waals surface area contributed by atoms with Crippen LogP contribution in [0.4, 0.5) is 0 Å². The third-order valence-electron chi connectivity index (χ3n) is 9.52. The molecule has 0 aromatic carbocycles. The van der Waals surface area contributed by atoms with Crippen molar-refractivity contribution in [1.82, 2.24) is 0 Å². The number of nitrogens with zero attached hydrogens (tertiary/aromatic N) is 1. The van der Waals surface area contributed by atoms with Gasteiger partial charge in [0.25, 0.3) is 0 Å². The zero-order valence-electron chi connectivity index (χ0n) is 16.1. The Bertz CT molecular complexity index is 797. The van der Waals surface area contributed by atoms with Gasteiger partial charge in [0.05, 0.1) is 5.71 Å². The highest BCUT2D eigenvalue weighted by Crippen LogP contribution is 2.78. The lowest BCUT2D eigenvalue weighted by molar-refractivity contribution is -0.171. The van der Waals surface area contributed by atoms with Crippen LogP contribution in [0.15, 0.2) is 29.0 Å². The Balaban J connectivity index is 1.38. The summed E-state index contributed by atoms with van der Waals surface area (Å²) in [6.07, 6.45) is 15.4. The van der Waals surface area contributed by atoms with Crippen LogP contribution in [0.3, 0.4) is 0 Å². The largest absolute Gasteiger partial charge is 0.451 e. The maximum atomic E-state index is 12.1. The van der Waals surface area contributed by atoms with Crippen LogP contribution in [0.2, 0.25) is 0 Å². The molecule has 0 aromatic rings. The van der Waals surface area contributed by atoms with Crippen molar-refractivity contribution in [3.63, 3.8) is 0 Å². The van der Waals surface area contributed by atoms with E-state index in [2.05, 4.69) is 24.2 Å². The highest BCUT2D eigenvalue weighted by atomic mass is 16.6. The number of esters is 1. The molecular weight excluding hydrogens is 338 g/mol. The maximum Gasteiger partial charge on any atom is 0.331 e. The molecule has 144 valence electrons. The quantitative estimate of drug-likeness (QED) is 0.422. The first kappa shape index (κ1) is 16.4. The minimum atomic E-state index is -0.293. The SMILES string of the molecule is CC[C@]12CCC3C(CCC4=C/C(=N/O)CC[C@@H]43)C1C1CC1[C@@]21C=CC(=O)O1. The molecule has 0 saturated heterocycles. The molecule has 5 unspecified atom stereocenters. The number of hydrogen-bond donors (Lipinski definition) is 1. The second-order valence-electron chi connectivity index (χ2n) is 9.95. The van der Waals surface area contributed by atoms with E-state index in [1.54, 1.807) is 6.08 Å². The molecule has 4 fully saturated rings. The van der Waals surface area contributed by atoms with Gasteiger partial charge >= 0.3 is 5.97 Å². The molecule has 4 nitrogen and oxygen atoms in total. The molecule has 1 spiro atoms. The second-order valence-corrected chi connectivity index (χ2v) is 9.95. The van der Waals surface area contributed by atoms with Crippen LogP contribution >= 0.6 is 0 Å². The van der Waals surface area contributed by atoms with Crippen LogP contribution in [0.1, 0.15) is 58.3 Å². The van der Waals surface area contributed by atoms with Gasteiger partial charge in [-0.05, 0) is 93.1 Å². The molecule has 1 aliphatic heterocycles. The van der Waals surface area contributed by atoms with Crippen LogP contribution in [-0.4, -0.2) is 22.5 Å². The average molecular weight is 367 g/mol. The summed E-state index contributed by atoms with van der Waals surface area (Å²) in [4.78, 5) is 12.1. The monoisotopic (exact) mass is 367 g/mol. The van der Waals surface area contributed by atoms with E-state index >= 15 is 0 Å². The minimum Gasteiger partial charge on any atom is -0.451 e. The molecule has 0 aromatic heterocycles. The van der Waals surface area contributed by atoms with E-state index in [-0.39, 0.29) is 17.0 Å². The second kappa shape index (κ2) is 5.27. The third kappa shape index (κ3) is 1.85. The Hall–Kier alpha value is -1.58. The molecule has 6 rings (SSSR count). The molecule has 8 atom stereocenters. The summed E-state index contributed by atoms with van der Waals surface area (Å²) < 4.78 is 6.14. The topological polar surface area (TPSA) is 58.9 Å². The number of oxime groups is 1. The number of fused-ring (bicyclic) bond motifs is 9. The fourth-order valence-electron chi connectivity index (χ4n) is 8.65. The van der Waals surface area contributed by atoms with E-state index in [9.17, 15) is 10.0 Å². The van der Waals surface area contributed by atoms with Gasteiger partial charge in [-0.1, -0.05) is 17.7 Å². The Kier molecular flexibility index (Phi) is 3.20. The van der Waals surface area contributed by atoms with Crippen molar-refractivity contribution in [3.05, 3.63) is 23.8 Å². The Labute approximate surface area is 160 Å². The van der Waals surface area contributed by atoms with Crippen LogP contribution in [-0.2, 0) is 9.53 Å². The smallest absolute Gasteiger partial charge is 0.331 e. The van der Waals surface area contributed by atoms with Gasteiger partial charge in [-0.3, -0.25) is 0 Å². The van der Waals surface area contributed by atoms with Crippen LogP contribution in [0, 0.1) is 40.9 Å². The molecule has 0 amide bonds. The van der Waals surface area contributed by atoms with Gasteiger partial charge in [0, 0.05) is 17.4 Å². The predicted molar refractivity (Wildman–Crippen MR) is 101 cm³/mol. The number of rotatable bonds is 1. The van der Waals surface area contributed by atoms with Crippen molar-refractivity contribution in [2.45, 2.75) is 63.9 Å². The Morgan fingerprint density at radius 3 is 2.85 bits per heavy atom. The fourth-order valence-corrected chi connectivity index (χ4v) is 8.65. The molecule has 5 aliphatic carbocycles. The molecule has 4 saturated carbocycles. The van der Waals surface area contributed by atoms with Gasteiger partial charge in [-0.2, -0.15) is 0 Å². The van der Waals surface area contributed by atoms with Gasteiger partial charge in [-0.15, -0.1) is 0 Å². The average Bonchev–Trinajstić information content (AvgIpc) is 3.34. The van der Waals surface area contributed by atoms with Crippen LogP contribution < -0.4 is 0 Å². The van der Waals surface area contributed by atoms with Gasteiger partial charge in [0.1, 0.15) is 5.60 Å². The lowest BCUT2D eigenvalue weighted by atomic mass is 9.48. The van der Waals surface area contributed by atoms with E-state index in [0.29, 0.717) is 11.8 Å². The molecular formula is C23H29NO3. The Morgan fingerprint density at radius 2 is 2.11 bits per heavy atom. The summed E-state index contributed by atoms with van der Waals surface area (Å²) in [5.41, 5.74) is 2.27. The van der Waals surface area contributed by atoms with Crippen molar-refractivity contribution in [1.29, 1.82) is 0 Å². The van der Waals surface area contributed by atoms with E-state index in [4.69, 9.17) is 4.74 Å². The summed E-state index contributed by atoms with van der Waals surface area (Å²) >= 11 is 0. The standard InChI is InChI=1S/C23H29NO3/c1-2-22-9-7-16-15-6-4-14(24-26)11-13(15)3-5-17(16)21(22)18-12-19(18)23(22)10-8-20(25)27-23/h8,10-11,15-19,21,26H,2-7,9,12H2,1H3/b24-14+/t15-,16?,17?,18?,19?,21?,22-,23-/m0/s1. The number of hydrogen-bond acceptors (Lipinski definition) is 4. The number of carbonyl (C=O) groups is 1. The maximum absolute atomic E-state index is 12.1. The van der Waals surface area contributed by atoms with Gasteiger partial charge in [0.2, 0.25) is 0 Å². The summed E-state index contributed by atoms with van der Waals surface area (Å²) in [6, 6.07) is 0. The van der Waals surface area contributed by atoms with Crippen molar-refractivity contribution in [2.24, 2.45) is 46.1 Å². The van der Waals surface area contributed by atoms with Gasteiger partial charge in [-0.25, -0.2) is 4.79 Å². The summed E-state index contributed by atoms with van der Waals surface area (Å²) in [6.45, 7) is 2.33. The molecule has 0 bridgehead atoms. The summed E-state index contributed by atoms with van der Waals surface area (Å²) in [5.74, 6) is 4.16. The van der Waals surface area contributed by atoms with E-state index < -0.39 is 0 Å². The van der Waals surface area contributed by atoms with Crippen molar-refractivity contribution < 1.29 is 14.7 Å². The highest BCUT2D eigenvalue weighted by Gasteiger charge is 2.78. The zero-order chi connectivity index (χ0) is 18.4. The van der Waals surface area contributed by atoms with Crippen LogP contribution in [0.25, 0.3) is 0 Å². The lowest BCUT2D eigenvalue weighted by Crippen LogP contribution is -2.56. The highest BCUT2D eigenvalue weighted by molar-refractivity contribution is 5.96. The summed E-state index contributed by atoms with van der Waals surface area (Å²) in [5, 5.41) is 12.7. The zero-order valence-corrected chi connectivity index (χ0v) is 16.1. The van der Waals surface area contributed by atoms with Crippen molar-refractivity contribution in [3.8, 4) is 0 Å². The fraction of sp³-hybridized carbons (Fsp3) is 0.739. The van der Waals surface area contributed by atoms with E-state index in [0.717, 1.165) is 55.1 Å². The molecule has 6 aliphatic rings. The van der Waals surface area contributed by atoms with Crippen molar-refractivity contribution >= 4 is 11.7 Å². The van der Waals surface area contributed by atoms with Crippen LogP contribution in [0.5, 0.6) is 0 Å². The summed E-state index contributed by atoms with van der Waals surface area (Å²) in [7, 11) is 0. The van der Waals surface area contributed by atoms with Gasteiger partial charge < -0.3 is 9.94 Å². The number of allylic oxidation sites excluding steroid dienone is 2. The van der Waals surface area contributed by atoms with E-state index in [1.807, 2.05) is 0 Å². The molecule has 1 heterocycles. The Morgan fingerprint density at radius 1 is 1.22 bits per heavy atom. The lowest BCUT2D eigenvalue weighted by Gasteiger charge is -2.58. The first-order chi connectivity index (χ1) is 13.1. The van der Waals surface area contributed by atoms with Gasteiger partial charge in [0.15, 0.2) is 0 Å². The predicted octanol–water partition coefficient (Wildman–Crippen LogP) is 4.49. The first-order valence-electron chi connectivity index (χ1n) is 11.0. The van der Waals surface area contributed by atoms with E-state index in [1.165, 1.54) is 31.3 Å². The number of ether oxygens (including phenoxy) is 1. The first-order valence-corrected chi connectivity index (χ1v) is 11.0. The molecule has 0 radical (unpaired) electrons. The van der Waals surface area contributed by atoms with Crippen molar-refractivity contribution in [2.75, 3.05) is 0 Å². The normalized spacial score (nSPS) is 53.4. The molecule has 1 N–H and O–H groups in total. The molecule has 27 heavy (non-hydrogen) atoms. The molecule has 4 heteroatoms.